The van der Waals surface area contributed by atoms with Gasteiger partial charge in [0.2, 0.25) is 0 Å². The Morgan fingerprint density at radius 3 is 1.96 bits per heavy atom. The molecule has 4 rings (SSSR count). The molecule has 2 heteroatoms. The van der Waals surface area contributed by atoms with E-state index in [1.54, 1.807) is 0 Å². The van der Waals surface area contributed by atoms with Crippen molar-refractivity contribution in [1.82, 2.24) is 0 Å². The Kier molecular flexibility index (Phi) is 4.22. The van der Waals surface area contributed by atoms with Gasteiger partial charge in [0.05, 0.1) is 11.4 Å². The van der Waals surface area contributed by atoms with Gasteiger partial charge in [-0.05, 0) is 53.3 Å². The van der Waals surface area contributed by atoms with Crippen LogP contribution >= 0.6 is 0 Å². The van der Waals surface area contributed by atoms with Crippen LogP contribution in [0.5, 0.6) is 0 Å². The predicted molar refractivity (Wildman–Crippen MR) is 116 cm³/mol. The molecular weight excluding hydrogens is 328 g/mol. The first-order valence-electron chi connectivity index (χ1n) is 9.65. The summed E-state index contributed by atoms with van der Waals surface area (Å²) in [5.41, 5.74) is 7.94. The van der Waals surface area contributed by atoms with Crippen molar-refractivity contribution in [2.75, 3.05) is 16.8 Å². The Hall–Kier alpha value is -2.74. The lowest BCUT2D eigenvalue weighted by atomic mass is 9.87. The van der Waals surface area contributed by atoms with Gasteiger partial charge in [0, 0.05) is 12.7 Å². The van der Waals surface area contributed by atoms with Crippen LogP contribution in [0.1, 0.15) is 43.6 Å². The average molecular weight is 357 g/mol. The third-order valence-electron chi connectivity index (χ3n) is 5.61. The molecule has 27 heavy (non-hydrogen) atoms. The van der Waals surface area contributed by atoms with E-state index in [1.165, 1.54) is 33.8 Å². The highest BCUT2D eigenvalue weighted by atomic mass is 15.4. The monoisotopic (exact) mass is 356 g/mol. The standard InChI is InChI=1S/C25H28N2/c1-18-10-6-7-11-21(18)24-26(5)22-12-8-9-13-23(22)27(24)20-16-14-19(15-17-20)25(2,3)4/h6-17,24H,1-5H3. The van der Waals surface area contributed by atoms with Gasteiger partial charge in [-0.3, -0.25) is 0 Å². The molecule has 1 heterocycles. The van der Waals surface area contributed by atoms with Gasteiger partial charge in [-0.25, -0.2) is 0 Å². The molecule has 1 atom stereocenters. The summed E-state index contributed by atoms with van der Waals surface area (Å²) in [5, 5.41) is 0. The third-order valence-corrected chi connectivity index (χ3v) is 5.61. The molecule has 1 aliphatic heterocycles. The van der Waals surface area contributed by atoms with Crippen molar-refractivity contribution in [1.29, 1.82) is 0 Å². The zero-order chi connectivity index (χ0) is 19.2. The molecule has 1 unspecified atom stereocenters. The maximum atomic E-state index is 2.46. The van der Waals surface area contributed by atoms with Gasteiger partial charge in [-0.1, -0.05) is 69.3 Å². The minimum Gasteiger partial charge on any atom is -0.348 e. The fraction of sp³-hybridized carbons (Fsp3) is 0.280. The number of benzene rings is 3. The van der Waals surface area contributed by atoms with Crippen LogP contribution in [0.4, 0.5) is 17.1 Å². The predicted octanol–water partition coefficient (Wildman–Crippen LogP) is 6.58. The second kappa shape index (κ2) is 6.45. The van der Waals surface area contributed by atoms with Crippen molar-refractivity contribution in [3.05, 3.63) is 89.5 Å². The van der Waals surface area contributed by atoms with E-state index in [4.69, 9.17) is 0 Å². The Morgan fingerprint density at radius 2 is 1.33 bits per heavy atom. The van der Waals surface area contributed by atoms with E-state index in [1.807, 2.05) is 0 Å². The van der Waals surface area contributed by atoms with Gasteiger partial charge in [-0.2, -0.15) is 0 Å². The van der Waals surface area contributed by atoms with Crippen LogP contribution in [0.2, 0.25) is 0 Å². The number of fused-ring (bicyclic) bond motifs is 1. The molecule has 0 N–H and O–H groups in total. The molecule has 2 nitrogen and oxygen atoms in total. The molecular formula is C25H28N2. The van der Waals surface area contributed by atoms with Gasteiger partial charge >= 0.3 is 0 Å². The highest BCUT2D eigenvalue weighted by Gasteiger charge is 2.36. The minimum absolute atomic E-state index is 0.157. The topological polar surface area (TPSA) is 6.48 Å². The summed E-state index contributed by atoms with van der Waals surface area (Å²) in [7, 11) is 2.19. The maximum Gasteiger partial charge on any atom is 0.133 e. The second-order valence-electron chi connectivity index (χ2n) is 8.50. The first-order valence-corrected chi connectivity index (χ1v) is 9.65. The van der Waals surface area contributed by atoms with Gasteiger partial charge in [0.1, 0.15) is 6.17 Å². The molecule has 0 saturated heterocycles. The lowest BCUT2D eigenvalue weighted by Gasteiger charge is -2.33. The zero-order valence-corrected chi connectivity index (χ0v) is 16.9. The summed E-state index contributed by atoms with van der Waals surface area (Å²) < 4.78 is 0. The molecule has 1 aliphatic rings. The van der Waals surface area contributed by atoms with Crippen LogP contribution < -0.4 is 9.80 Å². The largest absolute Gasteiger partial charge is 0.348 e. The van der Waals surface area contributed by atoms with Crippen LogP contribution in [0, 0.1) is 6.92 Å². The molecule has 0 spiro atoms. The summed E-state index contributed by atoms with van der Waals surface area (Å²) in [6, 6.07) is 26.5. The fourth-order valence-corrected chi connectivity index (χ4v) is 4.03. The first-order chi connectivity index (χ1) is 12.9. The molecule has 0 bridgehead atoms. The van der Waals surface area contributed by atoms with Crippen LogP contribution in [0.3, 0.4) is 0 Å². The van der Waals surface area contributed by atoms with Crippen molar-refractivity contribution in [2.45, 2.75) is 39.3 Å². The summed E-state index contributed by atoms with van der Waals surface area (Å²) in [6.07, 6.45) is 0.157. The average Bonchev–Trinajstić information content (AvgIpc) is 2.94. The normalized spacial score (nSPS) is 16.6. The fourth-order valence-electron chi connectivity index (χ4n) is 4.03. The van der Waals surface area contributed by atoms with Crippen LogP contribution in [0.15, 0.2) is 72.8 Å². The van der Waals surface area contributed by atoms with Crippen molar-refractivity contribution >= 4 is 17.1 Å². The van der Waals surface area contributed by atoms with Crippen molar-refractivity contribution < 1.29 is 0 Å². The number of hydrogen-bond acceptors (Lipinski definition) is 2. The van der Waals surface area contributed by atoms with Crippen LogP contribution in [0.25, 0.3) is 0 Å². The summed E-state index contributed by atoms with van der Waals surface area (Å²) in [6.45, 7) is 8.98. The Morgan fingerprint density at radius 1 is 0.741 bits per heavy atom. The molecule has 0 aliphatic carbocycles. The van der Waals surface area contributed by atoms with E-state index in [0.717, 1.165) is 0 Å². The van der Waals surface area contributed by atoms with Crippen LogP contribution in [-0.4, -0.2) is 7.05 Å². The van der Waals surface area contributed by atoms with E-state index >= 15 is 0 Å². The first kappa shape index (κ1) is 17.7. The number of aryl methyl sites for hydroxylation is 1. The molecule has 0 amide bonds. The SMILES string of the molecule is Cc1ccccc1C1N(C)c2ccccc2N1c1ccc(C(C)(C)C)cc1. The van der Waals surface area contributed by atoms with Crippen molar-refractivity contribution in [3.8, 4) is 0 Å². The number of hydrogen-bond donors (Lipinski definition) is 0. The van der Waals surface area contributed by atoms with Gasteiger partial charge in [0.25, 0.3) is 0 Å². The molecule has 0 radical (unpaired) electrons. The van der Waals surface area contributed by atoms with E-state index < -0.39 is 0 Å². The van der Waals surface area contributed by atoms with Crippen molar-refractivity contribution in [2.24, 2.45) is 0 Å². The van der Waals surface area contributed by atoms with E-state index in [-0.39, 0.29) is 11.6 Å². The number of rotatable bonds is 2. The third kappa shape index (κ3) is 2.99. The van der Waals surface area contributed by atoms with Gasteiger partial charge < -0.3 is 9.80 Å². The minimum atomic E-state index is 0.157. The summed E-state index contributed by atoms with van der Waals surface area (Å²) in [4.78, 5) is 4.85. The summed E-state index contributed by atoms with van der Waals surface area (Å²) >= 11 is 0. The number of anilines is 3. The second-order valence-corrected chi connectivity index (χ2v) is 8.50. The molecule has 3 aromatic carbocycles. The molecule has 138 valence electrons. The quantitative estimate of drug-likeness (QED) is 0.512. The molecule has 0 saturated carbocycles. The Bertz CT molecular complexity index is 951. The van der Waals surface area contributed by atoms with Crippen LogP contribution in [-0.2, 0) is 5.41 Å². The number of nitrogens with zero attached hydrogens (tertiary/aromatic N) is 2. The highest BCUT2D eigenvalue weighted by Crippen LogP contribution is 2.49. The molecule has 0 aromatic heterocycles. The molecule has 0 fully saturated rings. The van der Waals surface area contributed by atoms with Crippen molar-refractivity contribution in [3.63, 3.8) is 0 Å². The smallest absolute Gasteiger partial charge is 0.133 e. The van der Waals surface area contributed by atoms with Gasteiger partial charge in [-0.15, -0.1) is 0 Å². The maximum absolute atomic E-state index is 2.46. The summed E-state index contributed by atoms with van der Waals surface area (Å²) in [5.74, 6) is 0. The Labute approximate surface area is 163 Å². The van der Waals surface area contributed by atoms with E-state index in [2.05, 4.69) is 117 Å². The number of para-hydroxylation sites is 2. The molecule has 3 aromatic rings. The highest BCUT2D eigenvalue weighted by molar-refractivity contribution is 5.84. The van der Waals surface area contributed by atoms with E-state index in [0.29, 0.717) is 0 Å². The van der Waals surface area contributed by atoms with E-state index in [9.17, 15) is 0 Å². The Balaban J connectivity index is 1.85. The zero-order valence-electron chi connectivity index (χ0n) is 16.9. The van der Waals surface area contributed by atoms with Gasteiger partial charge in [0.15, 0.2) is 0 Å². The lowest BCUT2D eigenvalue weighted by molar-refractivity contribution is 0.590. The lowest BCUT2D eigenvalue weighted by Crippen LogP contribution is -2.31.